The number of carbonyl (C=O) groups is 2. The third-order valence-electron chi connectivity index (χ3n) is 4.21. The molecule has 0 spiro atoms. The Morgan fingerprint density at radius 3 is 2.58 bits per heavy atom. The summed E-state index contributed by atoms with van der Waals surface area (Å²) in [5.74, 6) is -1.04. The van der Waals surface area contributed by atoms with Crippen LogP contribution < -0.4 is 0 Å². The van der Waals surface area contributed by atoms with Crippen LogP contribution in [0.4, 0.5) is 0 Å². The molecule has 1 N–H and O–H groups in total. The van der Waals surface area contributed by atoms with Gasteiger partial charge in [0.2, 0.25) is 0 Å². The Morgan fingerprint density at radius 2 is 1.96 bits per heavy atom. The number of aromatic nitrogens is 2. The second kappa shape index (κ2) is 7.29. The molecule has 136 valence electrons. The van der Waals surface area contributed by atoms with E-state index >= 15 is 0 Å². The zero-order chi connectivity index (χ0) is 18.8. The molecule has 26 heavy (non-hydrogen) atoms. The highest BCUT2D eigenvalue weighted by atomic mass is 32.1. The molecule has 2 heterocycles. The summed E-state index contributed by atoms with van der Waals surface area (Å²) >= 11 is 1.39. The predicted molar refractivity (Wildman–Crippen MR) is 102 cm³/mol. The van der Waals surface area contributed by atoms with Crippen LogP contribution in [0, 0.1) is 6.92 Å². The smallest absolute Gasteiger partial charge is 0.305 e. The molecule has 0 aliphatic heterocycles. The van der Waals surface area contributed by atoms with Crippen LogP contribution in [0.2, 0.25) is 0 Å². The second-order valence-corrected chi connectivity index (χ2v) is 7.43. The van der Waals surface area contributed by atoms with E-state index in [4.69, 9.17) is 5.11 Å². The first-order valence-electron chi connectivity index (χ1n) is 8.46. The number of thiophene rings is 1. The van der Waals surface area contributed by atoms with Crippen LogP contribution in [-0.2, 0) is 4.79 Å². The van der Waals surface area contributed by atoms with Crippen LogP contribution >= 0.6 is 11.3 Å². The van der Waals surface area contributed by atoms with Crippen molar-refractivity contribution in [2.24, 2.45) is 0 Å². The number of hydrogen-bond donors (Lipinski definition) is 1. The first-order valence-corrected chi connectivity index (χ1v) is 9.27. The molecule has 1 aromatic carbocycles. The number of carbonyl (C=O) groups excluding carboxylic acids is 1. The molecule has 1 amide bonds. The molecule has 0 saturated heterocycles. The van der Waals surface area contributed by atoms with Crippen molar-refractivity contribution in [1.29, 1.82) is 0 Å². The van der Waals surface area contributed by atoms with Crippen LogP contribution in [0.5, 0.6) is 0 Å². The topological polar surface area (TPSA) is 75.4 Å². The monoisotopic (exact) mass is 371 g/mol. The highest BCUT2D eigenvalue weighted by Crippen LogP contribution is 2.31. The molecule has 0 aliphatic carbocycles. The number of amides is 1. The van der Waals surface area contributed by atoms with Gasteiger partial charge >= 0.3 is 5.97 Å². The zero-order valence-electron chi connectivity index (χ0n) is 15.0. The van der Waals surface area contributed by atoms with Crippen LogP contribution in [0.25, 0.3) is 15.9 Å². The average Bonchev–Trinajstić information content (AvgIpc) is 3.16. The summed E-state index contributed by atoms with van der Waals surface area (Å²) in [5.41, 5.74) is 1.80. The average molecular weight is 371 g/mol. The summed E-state index contributed by atoms with van der Waals surface area (Å²) in [6, 6.07) is 11.6. The van der Waals surface area contributed by atoms with Crippen molar-refractivity contribution in [1.82, 2.24) is 14.7 Å². The van der Waals surface area contributed by atoms with Gasteiger partial charge in [0.1, 0.15) is 4.83 Å². The summed E-state index contributed by atoms with van der Waals surface area (Å²) in [6.45, 7) is 5.91. The van der Waals surface area contributed by atoms with Gasteiger partial charge in [-0.3, -0.25) is 9.59 Å². The quantitative estimate of drug-likeness (QED) is 0.716. The van der Waals surface area contributed by atoms with E-state index < -0.39 is 5.97 Å². The summed E-state index contributed by atoms with van der Waals surface area (Å²) in [6.07, 6.45) is -0.0639. The lowest BCUT2D eigenvalue weighted by molar-refractivity contribution is -0.137. The van der Waals surface area contributed by atoms with Crippen molar-refractivity contribution >= 4 is 33.4 Å². The largest absolute Gasteiger partial charge is 0.481 e. The van der Waals surface area contributed by atoms with Crippen molar-refractivity contribution in [2.75, 3.05) is 6.54 Å². The summed E-state index contributed by atoms with van der Waals surface area (Å²) in [4.78, 5) is 26.9. The Bertz CT molecular complexity index is 944. The zero-order valence-corrected chi connectivity index (χ0v) is 15.8. The maximum atomic E-state index is 12.9. The maximum Gasteiger partial charge on any atom is 0.305 e. The minimum Gasteiger partial charge on any atom is -0.481 e. The lowest BCUT2D eigenvalue weighted by Gasteiger charge is -2.25. The fourth-order valence-corrected chi connectivity index (χ4v) is 3.99. The highest BCUT2D eigenvalue weighted by Gasteiger charge is 2.23. The highest BCUT2D eigenvalue weighted by molar-refractivity contribution is 7.20. The lowest BCUT2D eigenvalue weighted by Crippen LogP contribution is -2.38. The number of aryl methyl sites for hydroxylation is 1. The van der Waals surface area contributed by atoms with Gasteiger partial charge in [-0.1, -0.05) is 18.2 Å². The fourth-order valence-electron chi connectivity index (χ4n) is 2.85. The van der Waals surface area contributed by atoms with E-state index in [1.165, 1.54) is 11.3 Å². The molecule has 3 rings (SSSR count). The number of para-hydroxylation sites is 1. The molecule has 0 unspecified atom stereocenters. The standard InChI is InChI=1S/C19H21N3O3S/c1-12(2)21(10-9-17(23)24)18(25)16-11-15-13(3)20-22(19(15)26-16)14-7-5-4-6-8-14/h4-8,11-12H,9-10H2,1-3H3,(H,23,24). The molecule has 6 nitrogen and oxygen atoms in total. The fraction of sp³-hybridized carbons (Fsp3) is 0.316. The molecule has 0 saturated carbocycles. The van der Waals surface area contributed by atoms with Crippen molar-refractivity contribution in [3.8, 4) is 5.69 Å². The van der Waals surface area contributed by atoms with Gasteiger partial charge in [-0.15, -0.1) is 11.3 Å². The Kier molecular flexibility index (Phi) is 5.08. The number of carboxylic acid groups (broad SMARTS) is 1. The number of carboxylic acids is 1. The van der Waals surface area contributed by atoms with Gasteiger partial charge < -0.3 is 10.0 Å². The van der Waals surface area contributed by atoms with Crippen LogP contribution in [0.1, 0.15) is 35.6 Å². The summed E-state index contributed by atoms with van der Waals surface area (Å²) in [7, 11) is 0. The molecule has 0 fully saturated rings. The molecule has 0 bridgehead atoms. The van der Waals surface area contributed by atoms with Gasteiger partial charge in [0.15, 0.2) is 0 Å². The minimum atomic E-state index is -0.907. The molecular formula is C19H21N3O3S. The Balaban J connectivity index is 1.98. The van der Waals surface area contributed by atoms with Crippen molar-refractivity contribution in [2.45, 2.75) is 33.2 Å². The van der Waals surface area contributed by atoms with Gasteiger partial charge in [-0.25, -0.2) is 4.68 Å². The molecular weight excluding hydrogens is 350 g/mol. The number of aliphatic carboxylic acids is 1. The van der Waals surface area contributed by atoms with Gasteiger partial charge in [-0.05, 0) is 39.0 Å². The van der Waals surface area contributed by atoms with Crippen molar-refractivity contribution in [3.05, 3.63) is 47.0 Å². The number of nitrogens with zero attached hydrogens (tertiary/aromatic N) is 3. The number of hydrogen-bond acceptors (Lipinski definition) is 4. The Labute approximate surface area is 155 Å². The molecule has 0 aliphatic rings. The number of benzene rings is 1. The Hall–Kier alpha value is -2.67. The third-order valence-corrected chi connectivity index (χ3v) is 5.31. The van der Waals surface area contributed by atoms with Crippen molar-refractivity contribution < 1.29 is 14.7 Å². The lowest BCUT2D eigenvalue weighted by atomic mass is 10.2. The van der Waals surface area contributed by atoms with Gasteiger partial charge in [0.05, 0.1) is 22.7 Å². The van der Waals surface area contributed by atoms with E-state index in [2.05, 4.69) is 5.10 Å². The molecule has 2 aromatic heterocycles. The number of fused-ring (bicyclic) bond motifs is 1. The van der Waals surface area contributed by atoms with Gasteiger partial charge in [0.25, 0.3) is 5.91 Å². The second-order valence-electron chi connectivity index (χ2n) is 6.40. The van der Waals surface area contributed by atoms with E-state index in [1.54, 1.807) is 4.90 Å². The maximum absolute atomic E-state index is 12.9. The molecule has 0 atom stereocenters. The normalized spacial score (nSPS) is 11.2. The van der Waals surface area contributed by atoms with Crippen LogP contribution in [-0.4, -0.2) is 44.3 Å². The molecule has 3 aromatic rings. The van der Waals surface area contributed by atoms with Gasteiger partial charge in [0, 0.05) is 18.0 Å². The van der Waals surface area contributed by atoms with E-state index in [0.717, 1.165) is 21.6 Å². The van der Waals surface area contributed by atoms with E-state index in [1.807, 2.05) is 61.9 Å². The van der Waals surface area contributed by atoms with Crippen molar-refractivity contribution in [3.63, 3.8) is 0 Å². The number of rotatable bonds is 6. The Morgan fingerprint density at radius 1 is 1.27 bits per heavy atom. The van der Waals surface area contributed by atoms with Crippen LogP contribution in [0.3, 0.4) is 0 Å². The van der Waals surface area contributed by atoms with E-state index in [0.29, 0.717) is 4.88 Å². The first-order chi connectivity index (χ1) is 12.4. The van der Waals surface area contributed by atoms with E-state index in [-0.39, 0.29) is 24.9 Å². The SMILES string of the molecule is Cc1nn(-c2ccccc2)c2sc(C(=O)N(CCC(=O)O)C(C)C)cc12. The van der Waals surface area contributed by atoms with E-state index in [9.17, 15) is 9.59 Å². The minimum absolute atomic E-state index is 0.0639. The van der Waals surface area contributed by atoms with Crippen LogP contribution in [0.15, 0.2) is 36.4 Å². The summed E-state index contributed by atoms with van der Waals surface area (Å²) < 4.78 is 1.85. The van der Waals surface area contributed by atoms with Gasteiger partial charge in [-0.2, -0.15) is 5.10 Å². The summed E-state index contributed by atoms with van der Waals surface area (Å²) in [5, 5.41) is 14.5. The molecule has 0 radical (unpaired) electrons. The first kappa shape index (κ1) is 18.1. The third kappa shape index (κ3) is 3.48. The molecule has 7 heteroatoms. The predicted octanol–water partition coefficient (Wildman–Crippen LogP) is 3.72.